The van der Waals surface area contributed by atoms with Crippen molar-refractivity contribution in [2.75, 3.05) is 46.3 Å². The average Bonchev–Trinajstić information content (AvgIpc) is 2.46. The van der Waals surface area contributed by atoms with Gasteiger partial charge in [-0.2, -0.15) is 0 Å². The molecule has 0 aromatic rings. The first-order chi connectivity index (χ1) is 11.2. The van der Waals surface area contributed by atoms with Crippen molar-refractivity contribution in [2.24, 2.45) is 5.92 Å². The minimum absolute atomic E-state index is 0.169. The molecule has 140 valence electrons. The quantitative estimate of drug-likeness (QED) is 0.744. The van der Waals surface area contributed by atoms with Crippen LogP contribution < -0.4 is 0 Å². The molecule has 1 heterocycles. The Bertz CT molecular complexity index is 416. The van der Waals surface area contributed by atoms with Gasteiger partial charge in [0, 0.05) is 32.7 Å². The molecule has 0 saturated carbocycles. The Morgan fingerprint density at radius 2 is 1.83 bits per heavy atom. The summed E-state index contributed by atoms with van der Waals surface area (Å²) in [7, 11) is 1.98. The van der Waals surface area contributed by atoms with E-state index in [-0.39, 0.29) is 12.0 Å². The van der Waals surface area contributed by atoms with E-state index in [9.17, 15) is 9.59 Å². The van der Waals surface area contributed by atoms with Gasteiger partial charge in [0.1, 0.15) is 5.60 Å². The topological polar surface area (TPSA) is 53.1 Å². The lowest BCUT2D eigenvalue weighted by Crippen LogP contribution is -2.46. The van der Waals surface area contributed by atoms with Crippen molar-refractivity contribution >= 4 is 12.0 Å². The lowest BCUT2D eigenvalue weighted by atomic mass is 9.98. The average molecular weight is 341 g/mol. The van der Waals surface area contributed by atoms with E-state index < -0.39 is 5.60 Å². The van der Waals surface area contributed by atoms with E-state index in [0.717, 1.165) is 39.0 Å². The molecule has 0 aromatic heterocycles. The summed E-state index contributed by atoms with van der Waals surface area (Å²) in [4.78, 5) is 30.1. The third-order valence-corrected chi connectivity index (χ3v) is 4.26. The fourth-order valence-electron chi connectivity index (χ4n) is 3.12. The number of amides is 2. The summed E-state index contributed by atoms with van der Waals surface area (Å²) in [5, 5.41) is 0. The Morgan fingerprint density at radius 3 is 2.38 bits per heavy atom. The van der Waals surface area contributed by atoms with E-state index in [4.69, 9.17) is 4.74 Å². The van der Waals surface area contributed by atoms with E-state index in [1.165, 1.54) is 0 Å². The molecule has 0 radical (unpaired) electrons. The smallest absolute Gasteiger partial charge is 0.410 e. The Kier molecular flexibility index (Phi) is 8.00. The maximum Gasteiger partial charge on any atom is 0.410 e. The van der Waals surface area contributed by atoms with Crippen molar-refractivity contribution in [3.63, 3.8) is 0 Å². The van der Waals surface area contributed by atoms with Gasteiger partial charge < -0.3 is 14.5 Å². The Labute approximate surface area is 147 Å². The van der Waals surface area contributed by atoms with Crippen LogP contribution in [0.2, 0.25) is 0 Å². The zero-order valence-corrected chi connectivity index (χ0v) is 16.3. The first kappa shape index (κ1) is 20.7. The molecule has 1 aliphatic heterocycles. The zero-order chi connectivity index (χ0) is 18.3. The normalized spacial score (nSPS) is 18.6. The summed E-state index contributed by atoms with van der Waals surface area (Å²) in [6.45, 7) is 13.9. The molecule has 24 heavy (non-hydrogen) atoms. The van der Waals surface area contributed by atoms with Crippen LogP contribution in [0.25, 0.3) is 0 Å². The zero-order valence-electron chi connectivity index (χ0n) is 16.3. The molecule has 1 aliphatic rings. The van der Waals surface area contributed by atoms with Gasteiger partial charge in [-0.05, 0) is 60.4 Å². The summed E-state index contributed by atoms with van der Waals surface area (Å²) in [5.74, 6) is 0.558. The van der Waals surface area contributed by atoms with Crippen LogP contribution in [0, 0.1) is 5.92 Å². The highest BCUT2D eigenvalue weighted by Gasteiger charge is 2.28. The van der Waals surface area contributed by atoms with Gasteiger partial charge in [-0.3, -0.25) is 9.69 Å². The van der Waals surface area contributed by atoms with Gasteiger partial charge >= 0.3 is 6.09 Å². The molecule has 6 nitrogen and oxygen atoms in total. The van der Waals surface area contributed by atoms with Gasteiger partial charge in [-0.1, -0.05) is 0 Å². The van der Waals surface area contributed by atoms with Crippen LogP contribution in [-0.4, -0.2) is 78.6 Å². The van der Waals surface area contributed by atoms with Crippen molar-refractivity contribution < 1.29 is 14.3 Å². The number of hydrogen-bond acceptors (Lipinski definition) is 4. The lowest BCUT2D eigenvalue weighted by molar-refractivity contribution is -0.131. The standard InChI is InChI=1S/C18H35N3O3/c1-7-20(8-2)16(22)14-19(6)12-15-10-9-11-21(13-15)17(23)24-18(3,4)5/h15H,7-14H2,1-6H3. The second-order valence-electron chi connectivity index (χ2n) is 7.70. The molecule has 0 aliphatic carbocycles. The van der Waals surface area contributed by atoms with E-state index in [0.29, 0.717) is 19.0 Å². The first-order valence-corrected chi connectivity index (χ1v) is 9.10. The summed E-state index contributed by atoms with van der Waals surface area (Å²) >= 11 is 0. The fourth-order valence-corrected chi connectivity index (χ4v) is 3.12. The van der Waals surface area contributed by atoms with E-state index in [1.807, 2.05) is 46.6 Å². The molecular formula is C18H35N3O3. The summed E-state index contributed by atoms with van der Waals surface area (Å²) in [6, 6.07) is 0. The molecule has 1 unspecified atom stereocenters. The molecule has 0 aromatic carbocycles. The minimum atomic E-state index is -0.461. The summed E-state index contributed by atoms with van der Waals surface area (Å²) in [5.41, 5.74) is -0.461. The Hall–Kier alpha value is -1.30. The summed E-state index contributed by atoms with van der Waals surface area (Å²) in [6.07, 6.45) is 1.85. The maximum atomic E-state index is 12.2. The molecular weight excluding hydrogens is 306 g/mol. The third-order valence-electron chi connectivity index (χ3n) is 4.26. The van der Waals surface area contributed by atoms with Crippen LogP contribution >= 0.6 is 0 Å². The number of nitrogens with zero attached hydrogens (tertiary/aromatic N) is 3. The number of piperidine rings is 1. The van der Waals surface area contributed by atoms with Gasteiger partial charge in [0.15, 0.2) is 0 Å². The van der Waals surface area contributed by atoms with Crippen LogP contribution in [0.3, 0.4) is 0 Å². The third kappa shape index (κ3) is 7.07. The van der Waals surface area contributed by atoms with Crippen molar-refractivity contribution in [3.8, 4) is 0 Å². The highest BCUT2D eigenvalue weighted by Crippen LogP contribution is 2.20. The van der Waals surface area contributed by atoms with E-state index >= 15 is 0 Å². The molecule has 0 spiro atoms. The van der Waals surface area contributed by atoms with Gasteiger partial charge in [-0.15, -0.1) is 0 Å². The number of carbonyl (C=O) groups is 2. The van der Waals surface area contributed by atoms with E-state index in [2.05, 4.69) is 4.90 Å². The largest absolute Gasteiger partial charge is 0.444 e. The molecule has 2 amide bonds. The van der Waals surface area contributed by atoms with Gasteiger partial charge in [0.2, 0.25) is 5.91 Å². The van der Waals surface area contributed by atoms with Gasteiger partial charge in [0.05, 0.1) is 6.54 Å². The number of hydrogen-bond donors (Lipinski definition) is 0. The van der Waals surface area contributed by atoms with Crippen LogP contribution in [0.15, 0.2) is 0 Å². The fraction of sp³-hybridized carbons (Fsp3) is 0.889. The molecule has 1 saturated heterocycles. The van der Waals surface area contributed by atoms with Crippen molar-refractivity contribution in [2.45, 2.75) is 53.1 Å². The first-order valence-electron chi connectivity index (χ1n) is 9.10. The SMILES string of the molecule is CCN(CC)C(=O)CN(C)CC1CCCN(C(=O)OC(C)(C)C)C1. The molecule has 0 bridgehead atoms. The molecule has 1 rings (SSSR count). The minimum Gasteiger partial charge on any atom is -0.444 e. The molecule has 1 fully saturated rings. The van der Waals surface area contributed by atoms with Crippen molar-refractivity contribution in [1.82, 2.24) is 14.7 Å². The van der Waals surface area contributed by atoms with Crippen molar-refractivity contribution in [3.05, 3.63) is 0 Å². The molecule has 0 N–H and O–H groups in total. The number of likely N-dealkylation sites (tertiary alicyclic amines) is 1. The Balaban J connectivity index is 2.47. The molecule has 1 atom stereocenters. The number of rotatable bonds is 6. The van der Waals surface area contributed by atoms with Crippen molar-refractivity contribution in [1.29, 1.82) is 0 Å². The number of carbonyl (C=O) groups excluding carboxylic acids is 2. The molecule has 6 heteroatoms. The predicted octanol–water partition coefficient (Wildman–Crippen LogP) is 2.43. The van der Waals surface area contributed by atoms with Crippen LogP contribution in [-0.2, 0) is 9.53 Å². The van der Waals surface area contributed by atoms with Crippen LogP contribution in [0.4, 0.5) is 4.79 Å². The number of ether oxygens (including phenoxy) is 1. The van der Waals surface area contributed by atoms with Crippen LogP contribution in [0.5, 0.6) is 0 Å². The summed E-state index contributed by atoms with van der Waals surface area (Å²) < 4.78 is 5.47. The van der Waals surface area contributed by atoms with Gasteiger partial charge in [-0.25, -0.2) is 4.79 Å². The monoisotopic (exact) mass is 341 g/mol. The van der Waals surface area contributed by atoms with E-state index in [1.54, 1.807) is 4.90 Å². The second-order valence-corrected chi connectivity index (χ2v) is 7.70. The Morgan fingerprint density at radius 1 is 1.21 bits per heavy atom. The maximum absolute atomic E-state index is 12.2. The van der Waals surface area contributed by atoms with Crippen LogP contribution in [0.1, 0.15) is 47.5 Å². The second kappa shape index (κ2) is 9.25. The highest BCUT2D eigenvalue weighted by molar-refractivity contribution is 5.78. The lowest BCUT2D eigenvalue weighted by Gasteiger charge is -2.35. The predicted molar refractivity (Wildman–Crippen MR) is 96.0 cm³/mol. The van der Waals surface area contributed by atoms with Gasteiger partial charge in [0.25, 0.3) is 0 Å². The number of likely N-dealkylation sites (N-methyl/N-ethyl adjacent to an activating group) is 2. The highest BCUT2D eigenvalue weighted by atomic mass is 16.6.